The highest BCUT2D eigenvalue weighted by atomic mass is 19.4. The summed E-state index contributed by atoms with van der Waals surface area (Å²) >= 11 is 0. The Labute approximate surface area is 210 Å². The Balaban J connectivity index is 1.35. The second-order valence-corrected chi connectivity index (χ2v) is 10.7. The van der Waals surface area contributed by atoms with Crippen LogP contribution in [0, 0.1) is 11.8 Å². The van der Waals surface area contributed by atoms with Gasteiger partial charge in [0.05, 0.1) is 17.9 Å². The number of carboxylic acid groups (broad SMARTS) is 1. The molecule has 2 heterocycles. The summed E-state index contributed by atoms with van der Waals surface area (Å²) < 4.78 is 87.0. The minimum atomic E-state index is -4.70. The van der Waals surface area contributed by atoms with E-state index in [-0.39, 0.29) is 54.8 Å². The highest BCUT2D eigenvalue weighted by Gasteiger charge is 2.44. The zero-order valence-electron chi connectivity index (χ0n) is 20.1. The Morgan fingerprint density at radius 1 is 0.919 bits per heavy atom. The Morgan fingerprint density at radius 2 is 1.57 bits per heavy atom. The first kappa shape index (κ1) is 26.1. The van der Waals surface area contributed by atoms with Crippen LogP contribution in [-0.2, 0) is 17.5 Å². The largest absolute Gasteiger partial charge is 0.490 e. The quantitative estimate of drug-likeness (QED) is 0.417. The summed E-state index contributed by atoms with van der Waals surface area (Å²) in [5.41, 5.74) is -0.0534. The predicted molar refractivity (Wildman–Crippen MR) is 124 cm³/mol. The molecule has 2 aromatic carbocycles. The number of carbonyl (C=O) groups is 1. The van der Waals surface area contributed by atoms with Crippen LogP contribution in [0.4, 0.5) is 26.3 Å². The van der Waals surface area contributed by atoms with Crippen LogP contribution in [-0.4, -0.2) is 40.3 Å². The Bertz CT molecular complexity index is 1140. The van der Waals surface area contributed by atoms with Crippen LogP contribution in [0.3, 0.4) is 0 Å². The number of alkyl halides is 6. The Morgan fingerprint density at radius 3 is 2.14 bits per heavy atom. The standard InChI is InChI=1S/C27H29F6NO3/c28-26(29,30)18-3-7-21(8-4-18)37-23-10-2-16-11-15(1-9-22(16)24(23)27(31,32)33)14-34-19-5-6-20(34)13-17(12-19)25(35)36/h1-2,9-11,17-21H,3-8,12-14H2,(H,35,36). The van der Waals surface area contributed by atoms with Crippen molar-refractivity contribution in [3.05, 3.63) is 41.5 Å². The van der Waals surface area contributed by atoms with Crippen molar-refractivity contribution >= 4 is 16.7 Å². The van der Waals surface area contributed by atoms with Gasteiger partial charge in [-0.3, -0.25) is 9.69 Å². The maximum Gasteiger partial charge on any atom is 0.420 e. The van der Waals surface area contributed by atoms with Gasteiger partial charge in [0, 0.05) is 18.6 Å². The van der Waals surface area contributed by atoms with Gasteiger partial charge in [-0.15, -0.1) is 0 Å². The average Bonchev–Trinajstić information content (AvgIpc) is 3.04. The molecule has 0 radical (unpaired) electrons. The molecule has 0 aromatic heterocycles. The van der Waals surface area contributed by atoms with Crippen LogP contribution in [0.25, 0.3) is 10.8 Å². The van der Waals surface area contributed by atoms with Crippen molar-refractivity contribution in [1.29, 1.82) is 0 Å². The molecule has 2 aliphatic heterocycles. The molecule has 2 aromatic rings. The molecule has 202 valence electrons. The van der Waals surface area contributed by atoms with E-state index in [9.17, 15) is 36.2 Å². The monoisotopic (exact) mass is 529 g/mol. The van der Waals surface area contributed by atoms with Gasteiger partial charge in [-0.05, 0) is 79.8 Å². The number of ether oxygens (including phenoxy) is 1. The predicted octanol–water partition coefficient (Wildman–Crippen LogP) is 7.19. The van der Waals surface area contributed by atoms with Gasteiger partial charge in [-0.1, -0.05) is 18.2 Å². The van der Waals surface area contributed by atoms with E-state index in [0.717, 1.165) is 18.4 Å². The molecular formula is C27H29F6NO3. The summed E-state index contributed by atoms with van der Waals surface area (Å²) in [5, 5.41) is 9.79. The third kappa shape index (κ3) is 5.40. The highest BCUT2D eigenvalue weighted by Crippen LogP contribution is 2.45. The summed E-state index contributed by atoms with van der Waals surface area (Å²) in [5.74, 6) is -2.90. The van der Waals surface area contributed by atoms with E-state index in [2.05, 4.69) is 4.90 Å². The Kier molecular flexibility index (Phi) is 6.83. The SMILES string of the molecule is O=C(O)C1CC2CCC(C1)N2Cc1ccc2c(C(F)(F)F)c(OC3CCC(C(F)(F)F)CC3)ccc2c1. The van der Waals surface area contributed by atoms with Crippen molar-refractivity contribution in [3.8, 4) is 5.75 Å². The van der Waals surface area contributed by atoms with Crippen LogP contribution in [0.15, 0.2) is 30.3 Å². The molecule has 2 bridgehead atoms. The van der Waals surface area contributed by atoms with E-state index >= 15 is 0 Å². The summed E-state index contributed by atoms with van der Waals surface area (Å²) in [6.07, 6.45) is -6.87. The summed E-state index contributed by atoms with van der Waals surface area (Å²) in [6, 6.07) is 7.98. The third-order valence-electron chi connectivity index (χ3n) is 8.36. The second-order valence-electron chi connectivity index (χ2n) is 10.7. The smallest absolute Gasteiger partial charge is 0.420 e. The molecule has 37 heavy (non-hydrogen) atoms. The van der Waals surface area contributed by atoms with Gasteiger partial charge >= 0.3 is 18.3 Å². The molecule has 2 atom stereocenters. The topological polar surface area (TPSA) is 49.8 Å². The zero-order valence-corrected chi connectivity index (χ0v) is 20.1. The van der Waals surface area contributed by atoms with Gasteiger partial charge in [0.2, 0.25) is 0 Å². The van der Waals surface area contributed by atoms with Crippen LogP contribution in [0.1, 0.15) is 62.5 Å². The van der Waals surface area contributed by atoms with Crippen LogP contribution < -0.4 is 4.74 Å². The molecule has 4 nitrogen and oxygen atoms in total. The first-order valence-corrected chi connectivity index (χ1v) is 12.7. The summed E-state index contributed by atoms with van der Waals surface area (Å²) in [4.78, 5) is 13.7. The van der Waals surface area contributed by atoms with E-state index in [1.165, 1.54) is 12.1 Å². The van der Waals surface area contributed by atoms with E-state index in [1.54, 1.807) is 18.2 Å². The van der Waals surface area contributed by atoms with Crippen molar-refractivity contribution in [1.82, 2.24) is 4.90 Å². The molecule has 1 aliphatic carbocycles. The number of benzene rings is 2. The maximum absolute atomic E-state index is 14.2. The molecule has 2 saturated heterocycles. The van der Waals surface area contributed by atoms with Crippen molar-refractivity contribution in [2.75, 3.05) is 0 Å². The second kappa shape index (κ2) is 9.67. The van der Waals surface area contributed by atoms with Crippen molar-refractivity contribution < 1.29 is 41.0 Å². The lowest BCUT2D eigenvalue weighted by molar-refractivity contribution is -0.185. The molecule has 0 amide bonds. The fourth-order valence-corrected chi connectivity index (χ4v) is 6.48. The molecule has 3 fully saturated rings. The van der Waals surface area contributed by atoms with E-state index in [0.29, 0.717) is 24.8 Å². The number of carboxylic acids is 1. The minimum absolute atomic E-state index is 0.00900. The number of fused-ring (bicyclic) bond motifs is 3. The van der Waals surface area contributed by atoms with Gasteiger partial charge < -0.3 is 9.84 Å². The van der Waals surface area contributed by atoms with Crippen LogP contribution >= 0.6 is 0 Å². The summed E-state index contributed by atoms with van der Waals surface area (Å²) in [7, 11) is 0. The van der Waals surface area contributed by atoms with Gasteiger partial charge in [0.15, 0.2) is 0 Å². The number of piperidine rings is 1. The molecule has 10 heteroatoms. The lowest BCUT2D eigenvalue weighted by Crippen LogP contribution is -2.44. The molecule has 3 aliphatic rings. The summed E-state index contributed by atoms with van der Waals surface area (Å²) in [6.45, 7) is 0.541. The highest BCUT2D eigenvalue weighted by molar-refractivity contribution is 5.89. The zero-order chi connectivity index (χ0) is 26.5. The first-order valence-electron chi connectivity index (χ1n) is 12.7. The van der Waals surface area contributed by atoms with Gasteiger partial charge in [0.25, 0.3) is 0 Å². The number of halogens is 6. The van der Waals surface area contributed by atoms with Crippen molar-refractivity contribution in [2.24, 2.45) is 11.8 Å². The lowest BCUT2D eigenvalue weighted by atomic mass is 9.87. The fourth-order valence-electron chi connectivity index (χ4n) is 6.48. The first-order chi connectivity index (χ1) is 17.4. The molecule has 1 N–H and O–H groups in total. The van der Waals surface area contributed by atoms with Crippen LogP contribution in [0.5, 0.6) is 5.75 Å². The minimum Gasteiger partial charge on any atom is -0.490 e. The number of rotatable bonds is 5. The molecule has 5 rings (SSSR count). The van der Waals surface area contributed by atoms with Crippen molar-refractivity contribution in [2.45, 2.75) is 88.5 Å². The molecule has 0 spiro atoms. The molecular weight excluding hydrogens is 500 g/mol. The number of hydrogen-bond acceptors (Lipinski definition) is 3. The van der Waals surface area contributed by atoms with E-state index < -0.39 is 35.9 Å². The van der Waals surface area contributed by atoms with E-state index in [1.807, 2.05) is 0 Å². The van der Waals surface area contributed by atoms with E-state index in [4.69, 9.17) is 4.74 Å². The maximum atomic E-state index is 14.2. The lowest BCUT2D eigenvalue weighted by Gasteiger charge is -2.37. The number of nitrogens with zero attached hydrogens (tertiary/aromatic N) is 1. The number of aliphatic carboxylic acids is 1. The Hall–Kier alpha value is -2.49. The van der Waals surface area contributed by atoms with Gasteiger partial charge in [-0.25, -0.2) is 0 Å². The molecule has 1 saturated carbocycles. The van der Waals surface area contributed by atoms with Crippen molar-refractivity contribution in [3.63, 3.8) is 0 Å². The molecule has 2 unspecified atom stereocenters. The normalized spacial score (nSPS) is 29.0. The third-order valence-corrected chi connectivity index (χ3v) is 8.36. The average molecular weight is 530 g/mol. The van der Waals surface area contributed by atoms with Crippen LogP contribution in [0.2, 0.25) is 0 Å². The fraction of sp³-hybridized carbons (Fsp3) is 0.593. The van der Waals surface area contributed by atoms with Gasteiger partial charge in [-0.2, -0.15) is 26.3 Å². The van der Waals surface area contributed by atoms with Gasteiger partial charge in [0.1, 0.15) is 11.3 Å². The number of hydrogen-bond donors (Lipinski definition) is 1.